The highest BCUT2D eigenvalue weighted by Crippen LogP contribution is 2.28. The number of thioether (sulfide) groups is 1. The van der Waals surface area contributed by atoms with E-state index < -0.39 is 0 Å². The van der Waals surface area contributed by atoms with E-state index in [-0.39, 0.29) is 17.2 Å². The molecule has 0 aliphatic heterocycles. The van der Waals surface area contributed by atoms with Crippen LogP contribution in [0.15, 0.2) is 52.4 Å². The number of carbonyl (C=O) groups is 1. The molecule has 0 bridgehead atoms. The fourth-order valence-corrected chi connectivity index (χ4v) is 3.73. The van der Waals surface area contributed by atoms with Crippen LogP contribution in [0, 0.1) is 12.8 Å². The predicted molar refractivity (Wildman–Crippen MR) is 117 cm³/mol. The quantitative estimate of drug-likeness (QED) is 0.475. The molecule has 0 saturated heterocycles. The topological polar surface area (TPSA) is 73.2 Å². The summed E-state index contributed by atoms with van der Waals surface area (Å²) in [5, 5.41) is 3.87. The predicted octanol–water partition coefficient (Wildman–Crippen LogP) is 3.57. The van der Waals surface area contributed by atoms with E-state index in [9.17, 15) is 9.59 Å². The van der Waals surface area contributed by atoms with Gasteiger partial charge in [-0.2, -0.15) is 0 Å². The first-order chi connectivity index (χ1) is 13.9. The van der Waals surface area contributed by atoms with E-state index >= 15 is 0 Å². The average molecular weight is 412 g/mol. The molecule has 0 unspecified atom stereocenters. The van der Waals surface area contributed by atoms with Gasteiger partial charge in [0.25, 0.3) is 5.56 Å². The Kier molecular flexibility index (Phi) is 6.59. The maximum Gasteiger partial charge on any atom is 0.266 e. The summed E-state index contributed by atoms with van der Waals surface area (Å²) in [7, 11) is 1.57. The molecule has 0 fully saturated rings. The highest BCUT2D eigenvalue weighted by atomic mass is 32.2. The Morgan fingerprint density at radius 1 is 1.24 bits per heavy atom. The molecule has 29 heavy (non-hydrogen) atoms. The first-order valence-electron chi connectivity index (χ1n) is 9.47. The van der Waals surface area contributed by atoms with Crippen molar-refractivity contribution < 1.29 is 9.53 Å². The lowest BCUT2D eigenvalue weighted by molar-refractivity contribution is -0.118. The number of aryl methyl sites for hydroxylation is 1. The summed E-state index contributed by atoms with van der Waals surface area (Å²) >= 11 is 1.24. The van der Waals surface area contributed by atoms with Crippen molar-refractivity contribution in [1.29, 1.82) is 0 Å². The first-order valence-corrected chi connectivity index (χ1v) is 10.5. The molecule has 0 spiro atoms. The maximum absolute atomic E-state index is 13.3. The largest absolute Gasteiger partial charge is 0.495 e. The Balaban J connectivity index is 2.09. The molecule has 3 aromatic rings. The van der Waals surface area contributed by atoms with Gasteiger partial charge in [0, 0.05) is 6.54 Å². The molecule has 0 atom stereocenters. The molecule has 2 aromatic carbocycles. The smallest absolute Gasteiger partial charge is 0.266 e. The van der Waals surface area contributed by atoms with Crippen molar-refractivity contribution in [3.8, 4) is 11.4 Å². The Morgan fingerprint density at radius 2 is 2.00 bits per heavy atom. The van der Waals surface area contributed by atoms with E-state index in [0.717, 1.165) is 5.56 Å². The van der Waals surface area contributed by atoms with Gasteiger partial charge in [-0.1, -0.05) is 43.8 Å². The molecule has 0 aliphatic rings. The standard InChI is InChI=1S/C22H25N3O3S/c1-14(2)12-23-20(26)13-29-22-24-17-8-6-5-7-16(17)21(27)25(22)18-11-15(3)9-10-19(18)28-4/h5-11,14H,12-13H2,1-4H3,(H,23,26). The number of para-hydroxylation sites is 1. The Labute approximate surface area is 174 Å². The third kappa shape index (κ3) is 4.79. The second kappa shape index (κ2) is 9.13. The Morgan fingerprint density at radius 3 is 2.72 bits per heavy atom. The van der Waals surface area contributed by atoms with Gasteiger partial charge in [0.2, 0.25) is 5.91 Å². The van der Waals surface area contributed by atoms with Gasteiger partial charge in [0.1, 0.15) is 5.75 Å². The molecule has 1 aromatic heterocycles. The van der Waals surface area contributed by atoms with E-state index in [2.05, 4.69) is 10.3 Å². The number of fused-ring (bicyclic) bond motifs is 1. The highest BCUT2D eigenvalue weighted by Gasteiger charge is 2.17. The van der Waals surface area contributed by atoms with Gasteiger partial charge in [-0.25, -0.2) is 4.98 Å². The molecular weight excluding hydrogens is 386 g/mol. The van der Waals surface area contributed by atoms with E-state index in [1.54, 1.807) is 19.2 Å². The zero-order valence-corrected chi connectivity index (χ0v) is 17.9. The number of carbonyl (C=O) groups excluding carboxylic acids is 1. The van der Waals surface area contributed by atoms with Crippen LogP contribution in [0.25, 0.3) is 16.6 Å². The molecule has 1 N–H and O–H groups in total. The van der Waals surface area contributed by atoms with Crippen molar-refractivity contribution in [2.75, 3.05) is 19.4 Å². The molecule has 152 valence electrons. The number of nitrogens with zero attached hydrogens (tertiary/aromatic N) is 2. The molecule has 1 heterocycles. The van der Waals surface area contributed by atoms with Crippen LogP contribution in [0.1, 0.15) is 19.4 Å². The Bertz CT molecular complexity index is 1090. The van der Waals surface area contributed by atoms with Crippen molar-refractivity contribution in [2.24, 2.45) is 5.92 Å². The summed E-state index contributed by atoms with van der Waals surface area (Å²) in [5.74, 6) is 1.03. The first kappa shape index (κ1) is 20.9. The van der Waals surface area contributed by atoms with Gasteiger partial charge in [-0.15, -0.1) is 0 Å². The molecule has 1 amide bonds. The molecule has 7 heteroatoms. The highest BCUT2D eigenvalue weighted by molar-refractivity contribution is 7.99. The van der Waals surface area contributed by atoms with Crippen LogP contribution in [0.2, 0.25) is 0 Å². The fraction of sp³-hybridized carbons (Fsp3) is 0.318. The van der Waals surface area contributed by atoms with Gasteiger partial charge in [-0.05, 0) is 42.7 Å². The molecular formula is C22H25N3O3S. The van der Waals surface area contributed by atoms with Crippen molar-refractivity contribution in [3.63, 3.8) is 0 Å². The minimum Gasteiger partial charge on any atom is -0.495 e. The number of ether oxygens (including phenoxy) is 1. The van der Waals surface area contributed by atoms with Gasteiger partial charge < -0.3 is 10.1 Å². The van der Waals surface area contributed by atoms with E-state index in [0.29, 0.717) is 40.0 Å². The van der Waals surface area contributed by atoms with Crippen LogP contribution < -0.4 is 15.6 Å². The number of hydrogen-bond acceptors (Lipinski definition) is 5. The summed E-state index contributed by atoms with van der Waals surface area (Å²) in [5.41, 5.74) is 2.02. The number of hydrogen-bond donors (Lipinski definition) is 1. The van der Waals surface area contributed by atoms with E-state index in [1.807, 2.05) is 51.1 Å². The van der Waals surface area contributed by atoms with Crippen LogP contribution >= 0.6 is 11.8 Å². The maximum atomic E-state index is 13.3. The minimum absolute atomic E-state index is 0.0890. The normalized spacial score (nSPS) is 11.1. The second-order valence-corrected chi connectivity index (χ2v) is 8.16. The molecule has 3 rings (SSSR count). The molecule has 6 nitrogen and oxygen atoms in total. The summed E-state index contributed by atoms with van der Waals surface area (Å²) in [4.78, 5) is 30.2. The second-order valence-electron chi connectivity index (χ2n) is 7.21. The van der Waals surface area contributed by atoms with E-state index in [1.165, 1.54) is 16.3 Å². The Hall–Kier alpha value is -2.80. The molecule has 0 radical (unpaired) electrons. The van der Waals surface area contributed by atoms with Crippen LogP contribution in [0.3, 0.4) is 0 Å². The van der Waals surface area contributed by atoms with Crippen LogP contribution in [0.5, 0.6) is 5.75 Å². The van der Waals surface area contributed by atoms with Gasteiger partial charge >= 0.3 is 0 Å². The third-order valence-corrected chi connectivity index (χ3v) is 5.30. The number of rotatable bonds is 7. The van der Waals surface area contributed by atoms with Gasteiger partial charge in [-0.3, -0.25) is 14.2 Å². The van der Waals surface area contributed by atoms with Crippen molar-refractivity contribution in [1.82, 2.24) is 14.9 Å². The van der Waals surface area contributed by atoms with Crippen LogP contribution in [-0.4, -0.2) is 34.9 Å². The van der Waals surface area contributed by atoms with Crippen molar-refractivity contribution in [2.45, 2.75) is 25.9 Å². The zero-order chi connectivity index (χ0) is 21.0. The monoisotopic (exact) mass is 411 g/mol. The number of methoxy groups -OCH3 is 1. The molecule has 0 saturated carbocycles. The summed E-state index contributed by atoms with van der Waals surface area (Å²) in [6, 6.07) is 12.9. The zero-order valence-electron chi connectivity index (χ0n) is 17.1. The van der Waals surface area contributed by atoms with Crippen molar-refractivity contribution in [3.05, 3.63) is 58.4 Å². The van der Waals surface area contributed by atoms with Gasteiger partial charge in [0.15, 0.2) is 5.16 Å². The van der Waals surface area contributed by atoms with Gasteiger partial charge in [0.05, 0.1) is 29.5 Å². The number of benzene rings is 2. The summed E-state index contributed by atoms with van der Waals surface area (Å²) in [6.45, 7) is 6.65. The summed E-state index contributed by atoms with van der Waals surface area (Å²) < 4.78 is 7.03. The number of nitrogens with one attached hydrogen (secondary N) is 1. The third-order valence-electron chi connectivity index (χ3n) is 4.36. The minimum atomic E-state index is -0.190. The summed E-state index contributed by atoms with van der Waals surface area (Å²) in [6.07, 6.45) is 0. The average Bonchev–Trinajstić information content (AvgIpc) is 2.70. The van der Waals surface area contributed by atoms with Crippen LogP contribution in [0.4, 0.5) is 0 Å². The lowest BCUT2D eigenvalue weighted by atomic mass is 10.2. The van der Waals surface area contributed by atoms with Crippen LogP contribution in [-0.2, 0) is 4.79 Å². The van der Waals surface area contributed by atoms with Crippen molar-refractivity contribution >= 4 is 28.6 Å². The fourth-order valence-electron chi connectivity index (χ4n) is 2.90. The number of aromatic nitrogens is 2. The lowest BCUT2D eigenvalue weighted by Crippen LogP contribution is -2.29. The van der Waals surface area contributed by atoms with E-state index in [4.69, 9.17) is 4.74 Å². The number of amides is 1. The SMILES string of the molecule is COc1ccc(C)cc1-n1c(SCC(=O)NCC(C)C)nc2ccccc2c1=O. The lowest BCUT2D eigenvalue weighted by Gasteiger charge is -2.16. The molecule has 0 aliphatic carbocycles.